The fraction of sp³-hybridized carbons (Fsp3) is 0.395. The lowest BCUT2D eigenvalue weighted by Crippen LogP contribution is -2.38. The molecule has 3 aromatic carbocycles. The Hall–Kier alpha value is -6.39. The molecule has 6 heterocycles. The van der Waals surface area contributed by atoms with Gasteiger partial charge in [-0.3, -0.25) is 0 Å². The molecule has 2 aliphatic rings. The van der Waals surface area contributed by atoms with Gasteiger partial charge in [-0.2, -0.15) is 18.3 Å². The van der Waals surface area contributed by atoms with Crippen LogP contribution in [0.25, 0.3) is 50.7 Å². The highest BCUT2D eigenvalue weighted by Crippen LogP contribution is 2.36. The molecule has 0 amide bonds. The fourth-order valence-corrected chi connectivity index (χ4v) is 14.6. The Morgan fingerprint density at radius 2 is 1.14 bits per heavy atom. The van der Waals surface area contributed by atoms with Gasteiger partial charge in [0.1, 0.15) is 26.2 Å². The van der Waals surface area contributed by atoms with Crippen molar-refractivity contribution >= 4 is 90.8 Å². The highest BCUT2D eigenvalue weighted by Gasteiger charge is 2.23. The molecule has 6 nitrogen and oxygen atoms in total. The van der Waals surface area contributed by atoms with Crippen LogP contribution in [-0.4, -0.2) is 18.0 Å². The van der Waals surface area contributed by atoms with E-state index in [0.717, 1.165) is 39.3 Å². The Balaban J connectivity index is 0.000000222. The summed E-state index contributed by atoms with van der Waals surface area (Å²) in [5.41, 5.74) is 15.3. The minimum Gasteiger partial charge on any atom is -0.348 e. The molecule has 7 aromatic rings. The molecule has 0 N–H and O–H groups in total. The molecule has 0 radical (unpaired) electrons. The van der Waals surface area contributed by atoms with Gasteiger partial charge in [0.25, 0.3) is 10.0 Å². The highest BCUT2D eigenvalue weighted by molar-refractivity contribution is 8.06. The first-order valence-electron chi connectivity index (χ1n) is 32.4. The maximum absolute atomic E-state index is 2.57. The first-order chi connectivity index (χ1) is 41.7. The molecule has 0 saturated carbocycles. The first-order valence-corrected chi connectivity index (χ1v) is 35.0. The van der Waals surface area contributed by atoms with Crippen LogP contribution >= 0.6 is 34.4 Å². The Kier molecular flexibility index (Phi) is 25.9. The lowest BCUT2D eigenvalue weighted by molar-refractivity contribution is -0.700. The summed E-state index contributed by atoms with van der Waals surface area (Å²) >= 11 is 5.66. The number of benzene rings is 3. The average Bonchev–Trinajstić information content (AvgIpc) is 4.38. The number of rotatable bonds is 29. The van der Waals surface area contributed by atoms with Crippen molar-refractivity contribution in [2.24, 2.45) is 0 Å². The third-order valence-corrected chi connectivity index (χ3v) is 19.9. The van der Waals surface area contributed by atoms with E-state index in [1.165, 1.54) is 189 Å². The highest BCUT2D eigenvalue weighted by atomic mass is 32.2. The molecule has 9 heteroatoms. The van der Waals surface area contributed by atoms with Crippen LogP contribution in [0.15, 0.2) is 173 Å². The predicted octanol–water partition coefficient (Wildman–Crippen LogP) is 19.9. The van der Waals surface area contributed by atoms with Crippen LogP contribution in [-0.2, 0) is 26.2 Å². The predicted molar refractivity (Wildman–Crippen MR) is 371 cm³/mol. The number of aryl methyl sites for hydroxylation is 4. The van der Waals surface area contributed by atoms with E-state index in [-0.39, 0.29) is 0 Å². The molecule has 85 heavy (non-hydrogen) atoms. The third kappa shape index (κ3) is 17.4. The summed E-state index contributed by atoms with van der Waals surface area (Å²) in [4.78, 5) is 4.83. The summed E-state index contributed by atoms with van der Waals surface area (Å²) in [6, 6.07) is 30.6. The summed E-state index contributed by atoms with van der Waals surface area (Å²) in [6.45, 7) is 26.4. The summed E-state index contributed by atoms with van der Waals surface area (Å²) in [5, 5.41) is 13.6. The molecule has 446 valence electrons. The SMILES string of the molecule is CCCCCCCN1C(C)=CSC1=CC=C(C=Cc1scc(C)[n+]1CCCCCCC)c1scc(C)[n+]1CCCCCCC.CCN1C=CC(=CC=C(C=Cc2cc[n+](CC)c3ccccc23)c2cc[n+](CC)c3ccccc23)c2ccccc21. The van der Waals surface area contributed by atoms with Crippen LogP contribution in [0.1, 0.15) is 183 Å². The lowest BCUT2D eigenvalue weighted by atomic mass is 9.96. The summed E-state index contributed by atoms with van der Waals surface area (Å²) in [5.74, 6) is 0. The van der Waals surface area contributed by atoms with Crippen molar-refractivity contribution in [3.8, 4) is 0 Å². The topological polar surface area (TPSA) is 22.0 Å². The molecular formula is C76H98N6S3+4. The number of para-hydroxylation sites is 3. The number of thiazole rings is 2. The summed E-state index contributed by atoms with van der Waals surface area (Å²) in [6.07, 6.45) is 47.2. The van der Waals surface area contributed by atoms with E-state index in [4.69, 9.17) is 0 Å². The minimum atomic E-state index is 0.933. The van der Waals surface area contributed by atoms with Gasteiger partial charge < -0.3 is 9.80 Å². The van der Waals surface area contributed by atoms with E-state index in [0.29, 0.717) is 0 Å². The number of thioether (sulfide) groups is 1. The second kappa shape index (κ2) is 34.1. The quantitative estimate of drug-likeness (QED) is 0.0265. The maximum atomic E-state index is 2.57. The second-order valence-corrected chi connectivity index (χ2v) is 25.4. The Bertz CT molecular complexity index is 3540. The second-order valence-electron chi connectivity index (χ2n) is 22.7. The van der Waals surface area contributed by atoms with Crippen molar-refractivity contribution in [3.05, 3.63) is 211 Å². The van der Waals surface area contributed by atoms with Gasteiger partial charge in [-0.25, -0.2) is 0 Å². The van der Waals surface area contributed by atoms with Crippen LogP contribution in [0.3, 0.4) is 0 Å². The van der Waals surface area contributed by atoms with Gasteiger partial charge in [0.05, 0.1) is 32.1 Å². The van der Waals surface area contributed by atoms with E-state index >= 15 is 0 Å². The van der Waals surface area contributed by atoms with E-state index < -0.39 is 0 Å². The van der Waals surface area contributed by atoms with Crippen molar-refractivity contribution in [1.29, 1.82) is 0 Å². The van der Waals surface area contributed by atoms with Crippen molar-refractivity contribution in [1.82, 2.24) is 4.90 Å². The molecule has 0 bridgehead atoms. The van der Waals surface area contributed by atoms with Gasteiger partial charge in [0.15, 0.2) is 23.8 Å². The molecule has 0 unspecified atom stereocenters. The standard InChI is InChI=1S/C38H61N3S3.C38H37N3/c1-7-10-13-16-19-26-39-32(4)29-42-36(39)24-22-35(38-41(34(6)31-44-38)28-21-18-15-12-9-3)23-25-37-40(33(5)30-43-37)27-20-17-14-11-8-2;1-4-39-26-23-30(33-13-7-10-16-36(33)39)21-19-29(32-25-28-41(6-3)38-18-12-9-15-35(32)38)20-22-31-24-27-40(5-2)37-17-11-8-14-34(31)37/h22-25,29-31H,7-21,26-28H2,1-6H3;7-28H,4-6H2,1-3H3/q2*+2. The molecular weight excluding hydrogens is 1090 g/mol. The molecule has 0 atom stereocenters. The van der Waals surface area contributed by atoms with Gasteiger partial charge >= 0.3 is 0 Å². The number of hydrogen-bond donors (Lipinski definition) is 0. The van der Waals surface area contributed by atoms with E-state index in [1.807, 2.05) is 34.4 Å². The number of anilines is 1. The molecule has 0 spiro atoms. The number of pyridine rings is 2. The third-order valence-electron chi connectivity index (χ3n) is 16.7. The van der Waals surface area contributed by atoms with Crippen molar-refractivity contribution in [3.63, 3.8) is 0 Å². The number of fused-ring (bicyclic) bond motifs is 3. The summed E-state index contributed by atoms with van der Waals surface area (Å²) in [7, 11) is 0. The van der Waals surface area contributed by atoms with E-state index in [9.17, 15) is 0 Å². The Morgan fingerprint density at radius 1 is 0.553 bits per heavy atom. The van der Waals surface area contributed by atoms with Crippen LogP contribution in [0, 0.1) is 13.8 Å². The smallest absolute Gasteiger partial charge is 0.269 e. The van der Waals surface area contributed by atoms with Crippen molar-refractivity contribution < 1.29 is 18.3 Å². The van der Waals surface area contributed by atoms with E-state index in [2.05, 4.69) is 265 Å². The van der Waals surface area contributed by atoms with Crippen molar-refractivity contribution in [2.45, 2.75) is 185 Å². The first kappa shape index (κ1) is 64.6. The van der Waals surface area contributed by atoms with Gasteiger partial charge in [-0.15, -0.1) is 0 Å². The minimum absolute atomic E-state index is 0.933. The largest absolute Gasteiger partial charge is 0.348 e. The van der Waals surface area contributed by atoms with Gasteiger partial charge in [0, 0.05) is 98.8 Å². The number of allylic oxidation sites excluding steroid dienone is 11. The molecule has 2 aliphatic heterocycles. The van der Waals surface area contributed by atoms with E-state index in [1.54, 1.807) is 0 Å². The summed E-state index contributed by atoms with van der Waals surface area (Å²) < 4.78 is 9.72. The number of hydrogen-bond acceptors (Lipinski definition) is 5. The van der Waals surface area contributed by atoms with Crippen LogP contribution < -0.4 is 23.2 Å². The number of aromatic nitrogens is 4. The Morgan fingerprint density at radius 3 is 1.85 bits per heavy atom. The zero-order valence-electron chi connectivity index (χ0n) is 53.0. The van der Waals surface area contributed by atoms with Gasteiger partial charge in [0.2, 0.25) is 11.0 Å². The monoisotopic (exact) mass is 1190 g/mol. The number of unbranched alkanes of at least 4 members (excludes halogenated alkanes) is 12. The van der Waals surface area contributed by atoms with Gasteiger partial charge in [-0.05, 0) is 112 Å². The molecule has 0 fully saturated rings. The number of nitrogens with zero attached hydrogens (tertiary/aromatic N) is 6. The molecule has 0 saturated heterocycles. The molecule has 0 aliphatic carbocycles. The van der Waals surface area contributed by atoms with Crippen LogP contribution in [0.5, 0.6) is 0 Å². The van der Waals surface area contributed by atoms with Gasteiger partial charge in [-0.1, -0.05) is 186 Å². The molecule has 9 rings (SSSR count). The fourth-order valence-electron chi connectivity index (χ4n) is 11.7. The Labute approximate surface area is 524 Å². The zero-order valence-corrected chi connectivity index (χ0v) is 55.4. The zero-order chi connectivity index (χ0) is 59.8. The normalized spacial score (nSPS) is 14.7. The molecule has 4 aromatic heterocycles. The van der Waals surface area contributed by atoms with Crippen LogP contribution in [0.4, 0.5) is 5.69 Å². The lowest BCUT2D eigenvalue weighted by Gasteiger charge is -2.26. The van der Waals surface area contributed by atoms with Crippen molar-refractivity contribution in [2.75, 3.05) is 18.0 Å². The average molecular weight is 1190 g/mol. The van der Waals surface area contributed by atoms with Crippen LogP contribution in [0.2, 0.25) is 0 Å². The maximum Gasteiger partial charge on any atom is 0.269 e.